The van der Waals surface area contributed by atoms with E-state index in [1.54, 1.807) is 0 Å². The van der Waals surface area contributed by atoms with E-state index in [4.69, 9.17) is 21.7 Å². The zero-order chi connectivity index (χ0) is 16.1. The molecule has 0 saturated carbocycles. The van der Waals surface area contributed by atoms with E-state index in [-0.39, 0.29) is 0 Å². The van der Waals surface area contributed by atoms with Crippen LogP contribution in [0.2, 0.25) is 0 Å². The first-order chi connectivity index (χ1) is 11.2. The lowest BCUT2D eigenvalue weighted by molar-refractivity contribution is 0.0595. The highest BCUT2D eigenvalue weighted by atomic mass is 32.1. The molecule has 0 radical (unpaired) electrons. The first kappa shape index (κ1) is 16.4. The van der Waals surface area contributed by atoms with Crippen LogP contribution in [-0.2, 0) is 9.47 Å². The van der Waals surface area contributed by atoms with E-state index >= 15 is 0 Å². The molecule has 23 heavy (non-hydrogen) atoms. The summed E-state index contributed by atoms with van der Waals surface area (Å²) in [5, 5.41) is 0. The van der Waals surface area contributed by atoms with Gasteiger partial charge < -0.3 is 19.3 Å². The zero-order valence-corrected chi connectivity index (χ0v) is 14.5. The summed E-state index contributed by atoms with van der Waals surface area (Å²) in [6.45, 7) is 8.73. The Bertz CT molecular complexity index is 559. The predicted octanol–water partition coefficient (Wildman–Crippen LogP) is 2.33. The van der Waals surface area contributed by atoms with Crippen LogP contribution in [0.1, 0.15) is 11.1 Å². The number of rotatable bonds is 3. The fourth-order valence-corrected chi connectivity index (χ4v) is 3.17. The van der Waals surface area contributed by atoms with Gasteiger partial charge in [0.05, 0.1) is 26.4 Å². The van der Waals surface area contributed by atoms with Gasteiger partial charge in [-0.3, -0.25) is 0 Å². The molecule has 1 aromatic carbocycles. The third kappa shape index (κ3) is 4.31. The molecule has 0 amide bonds. The van der Waals surface area contributed by atoms with Gasteiger partial charge in [0.15, 0.2) is 0 Å². The normalized spacial score (nSPS) is 19.8. The van der Waals surface area contributed by atoms with Crippen LogP contribution in [0.5, 0.6) is 0 Å². The maximum absolute atomic E-state index is 5.82. The second kappa shape index (κ2) is 7.90. The molecule has 0 unspecified atom stereocenters. The van der Waals surface area contributed by atoms with Crippen LogP contribution in [0.4, 0.5) is 0 Å². The van der Waals surface area contributed by atoms with Crippen molar-refractivity contribution in [2.45, 2.75) is 6.92 Å². The van der Waals surface area contributed by atoms with Crippen molar-refractivity contribution < 1.29 is 9.47 Å². The maximum Gasteiger partial charge on any atom is 0.111 e. The Morgan fingerprint density at radius 2 is 1.52 bits per heavy atom. The van der Waals surface area contributed by atoms with Crippen LogP contribution in [0.3, 0.4) is 0 Å². The van der Waals surface area contributed by atoms with Crippen molar-refractivity contribution in [3.05, 3.63) is 41.6 Å². The molecular formula is C18H24N2O2S. The number of thiocarbonyl (C=S) groups is 1. The lowest BCUT2D eigenvalue weighted by Gasteiger charge is -2.32. The predicted molar refractivity (Wildman–Crippen MR) is 96.5 cm³/mol. The van der Waals surface area contributed by atoms with Gasteiger partial charge in [0.25, 0.3) is 0 Å². The van der Waals surface area contributed by atoms with Gasteiger partial charge in [-0.25, -0.2) is 0 Å². The first-order valence-electron chi connectivity index (χ1n) is 8.22. The van der Waals surface area contributed by atoms with Gasteiger partial charge in [-0.05, 0) is 12.5 Å². The Hall–Kier alpha value is -1.43. The zero-order valence-electron chi connectivity index (χ0n) is 13.7. The number of hydrogen-bond donors (Lipinski definition) is 0. The van der Waals surface area contributed by atoms with Crippen molar-refractivity contribution >= 4 is 22.8 Å². The van der Waals surface area contributed by atoms with Crippen LogP contribution in [0, 0.1) is 6.92 Å². The van der Waals surface area contributed by atoms with Crippen LogP contribution < -0.4 is 0 Å². The summed E-state index contributed by atoms with van der Waals surface area (Å²) in [7, 11) is 0. The van der Waals surface area contributed by atoms with E-state index in [0.29, 0.717) is 0 Å². The van der Waals surface area contributed by atoms with Crippen molar-refractivity contribution in [1.82, 2.24) is 9.80 Å². The van der Waals surface area contributed by atoms with Crippen molar-refractivity contribution in [1.29, 1.82) is 0 Å². The smallest absolute Gasteiger partial charge is 0.111 e. The highest BCUT2D eigenvalue weighted by Crippen LogP contribution is 2.21. The molecule has 124 valence electrons. The van der Waals surface area contributed by atoms with Gasteiger partial charge >= 0.3 is 0 Å². The highest BCUT2D eigenvalue weighted by Gasteiger charge is 2.19. The van der Waals surface area contributed by atoms with Crippen LogP contribution >= 0.6 is 12.2 Å². The molecule has 0 N–H and O–H groups in total. The lowest BCUT2D eigenvalue weighted by Crippen LogP contribution is -2.41. The minimum atomic E-state index is 0.749. The summed E-state index contributed by atoms with van der Waals surface area (Å²) in [6, 6.07) is 8.61. The SMILES string of the molecule is Cc1ccc(/C(=C\N2CCOCC2)C(=S)N2CCOCC2)cc1. The highest BCUT2D eigenvalue weighted by molar-refractivity contribution is 7.81. The fourth-order valence-electron chi connectivity index (χ4n) is 2.81. The molecule has 2 saturated heterocycles. The molecule has 0 atom stereocenters. The summed E-state index contributed by atoms with van der Waals surface area (Å²) < 4.78 is 10.9. The van der Waals surface area contributed by atoms with E-state index in [0.717, 1.165) is 63.2 Å². The van der Waals surface area contributed by atoms with Gasteiger partial charge in [0.1, 0.15) is 4.99 Å². The molecule has 2 fully saturated rings. The number of nitrogens with zero attached hydrogens (tertiary/aromatic N) is 2. The number of benzene rings is 1. The van der Waals surface area contributed by atoms with E-state index in [2.05, 4.69) is 47.2 Å². The first-order valence-corrected chi connectivity index (χ1v) is 8.62. The summed E-state index contributed by atoms with van der Waals surface area (Å²) in [5.41, 5.74) is 3.57. The van der Waals surface area contributed by atoms with Crippen LogP contribution in [0.25, 0.3) is 5.57 Å². The number of ether oxygens (including phenoxy) is 2. The van der Waals surface area contributed by atoms with Crippen LogP contribution in [0.15, 0.2) is 30.5 Å². The summed E-state index contributed by atoms with van der Waals surface area (Å²) in [6.07, 6.45) is 2.21. The molecule has 0 aliphatic carbocycles. The van der Waals surface area contributed by atoms with Gasteiger partial charge in [0, 0.05) is 38.0 Å². The van der Waals surface area contributed by atoms with Gasteiger partial charge in [-0.2, -0.15) is 0 Å². The average Bonchev–Trinajstić information content (AvgIpc) is 2.62. The van der Waals surface area contributed by atoms with E-state index in [9.17, 15) is 0 Å². The molecule has 4 nitrogen and oxygen atoms in total. The second-order valence-corrected chi connectivity index (χ2v) is 6.35. The molecule has 0 aromatic heterocycles. The minimum Gasteiger partial charge on any atom is -0.378 e. The number of morpholine rings is 2. The third-order valence-electron chi connectivity index (χ3n) is 4.25. The van der Waals surface area contributed by atoms with Crippen molar-refractivity contribution in [3.63, 3.8) is 0 Å². The Labute approximate surface area is 143 Å². The van der Waals surface area contributed by atoms with Crippen molar-refractivity contribution in [2.75, 3.05) is 52.6 Å². The molecular weight excluding hydrogens is 308 g/mol. The molecule has 2 heterocycles. The largest absolute Gasteiger partial charge is 0.378 e. The molecule has 1 aromatic rings. The monoisotopic (exact) mass is 332 g/mol. The average molecular weight is 332 g/mol. The van der Waals surface area contributed by atoms with Crippen LogP contribution in [-0.4, -0.2) is 67.4 Å². The lowest BCUT2D eigenvalue weighted by atomic mass is 10.0. The Morgan fingerprint density at radius 1 is 0.957 bits per heavy atom. The fraction of sp³-hybridized carbons (Fsp3) is 0.500. The third-order valence-corrected chi connectivity index (χ3v) is 4.73. The Kier molecular flexibility index (Phi) is 5.65. The molecule has 2 aliphatic rings. The number of aryl methyl sites for hydroxylation is 1. The molecule has 3 rings (SSSR count). The van der Waals surface area contributed by atoms with Gasteiger partial charge in [-0.15, -0.1) is 0 Å². The summed E-state index contributed by atoms with van der Waals surface area (Å²) >= 11 is 5.82. The molecule has 5 heteroatoms. The Balaban J connectivity index is 1.86. The number of hydrogen-bond acceptors (Lipinski definition) is 4. The van der Waals surface area contributed by atoms with Crippen molar-refractivity contribution in [2.24, 2.45) is 0 Å². The standard InChI is InChI=1S/C18H24N2O2S/c1-15-2-4-16(5-3-15)17(14-19-6-10-21-11-7-19)18(23)20-8-12-22-13-9-20/h2-5,14H,6-13H2,1H3/b17-14+. The molecule has 0 bridgehead atoms. The maximum atomic E-state index is 5.82. The second-order valence-electron chi connectivity index (χ2n) is 5.96. The molecule has 2 aliphatic heterocycles. The topological polar surface area (TPSA) is 24.9 Å². The quantitative estimate of drug-likeness (QED) is 0.625. The van der Waals surface area contributed by atoms with E-state index in [1.165, 1.54) is 11.1 Å². The summed E-state index contributed by atoms with van der Waals surface area (Å²) in [4.78, 5) is 5.49. The van der Waals surface area contributed by atoms with E-state index < -0.39 is 0 Å². The van der Waals surface area contributed by atoms with Gasteiger partial charge in [-0.1, -0.05) is 42.0 Å². The van der Waals surface area contributed by atoms with Gasteiger partial charge in [0.2, 0.25) is 0 Å². The van der Waals surface area contributed by atoms with Crippen molar-refractivity contribution in [3.8, 4) is 0 Å². The Morgan fingerprint density at radius 3 is 2.13 bits per heavy atom. The molecule has 0 spiro atoms. The van der Waals surface area contributed by atoms with E-state index in [1.807, 2.05) is 0 Å². The summed E-state index contributed by atoms with van der Waals surface area (Å²) in [5.74, 6) is 0. The minimum absolute atomic E-state index is 0.749.